The Bertz CT molecular complexity index is 638. The van der Waals surface area contributed by atoms with Crippen molar-refractivity contribution in [2.75, 3.05) is 12.4 Å². The van der Waals surface area contributed by atoms with Crippen molar-refractivity contribution in [2.24, 2.45) is 0 Å². The Labute approximate surface area is 124 Å². The molecule has 0 bridgehead atoms. The fraction of sp³-hybridized carbons (Fsp3) is 0.235. The molecule has 4 heteroatoms. The van der Waals surface area contributed by atoms with Crippen LogP contribution in [-0.2, 0) is 0 Å². The van der Waals surface area contributed by atoms with Crippen LogP contribution < -0.4 is 10.6 Å². The fourth-order valence-electron chi connectivity index (χ4n) is 2.07. The average molecular weight is 286 g/mol. The van der Waals surface area contributed by atoms with Crippen LogP contribution in [0.1, 0.15) is 34.5 Å². The number of hydrogen-bond donors (Lipinski definition) is 2. The number of anilines is 1. The van der Waals surface area contributed by atoms with Crippen LogP contribution in [0.5, 0.6) is 0 Å². The highest BCUT2D eigenvalue weighted by Gasteiger charge is 2.08. The summed E-state index contributed by atoms with van der Waals surface area (Å²) in [5.41, 5.74) is 3.02. The molecule has 0 radical (unpaired) electrons. The first-order valence-electron chi connectivity index (χ1n) is 6.86. The van der Waals surface area contributed by atoms with Gasteiger partial charge in [-0.25, -0.2) is 4.39 Å². The van der Waals surface area contributed by atoms with Crippen molar-refractivity contribution in [3.8, 4) is 0 Å². The molecule has 2 N–H and O–H groups in total. The van der Waals surface area contributed by atoms with Crippen LogP contribution in [0.2, 0.25) is 0 Å². The predicted molar refractivity (Wildman–Crippen MR) is 83.0 cm³/mol. The number of hydrogen-bond acceptors (Lipinski definition) is 2. The lowest BCUT2D eigenvalue weighted by atomic mass is 10.1. The zero-order valence-electron chi connectivity index (χ0n) is 12.4. The van der Waals surface area contributed by atoms with E-state index in [0.29, 0.717) is 11.1 Å². The van der Waals surface area contributed by atoms with Gasteiger partial charge in [0.25, 0.3) is 5.91 Å². The number of aryl methyl sites for hydroxylation is 1. The second kappa shape index (κ2) is 6.39. The molecule has 0 aliphatic rings. The van der Waals surface area contributed by atoms with E-state index in [-0.39, 0.29) is 17.8 Å². The second-order valence-electron chi connectivity index (χ2n) is 5.03. The van der Waals surface area contributed by atoms with Crippen LogP contribution in [0.4, 0.5) is 10.1 Å². The molecule has 0 aliphatic heterocycles. The van der Waals surface area contributed by atoms with Gasteiger partial charge in [0.05, 0.1) is 0 Å². The van der Waals surface area contributed by atoms with Gasteiger partial charge in [0.15, 0.2) is 0 Å². The number of benzene rings is 2. The first-order valence-corrected chi connectivity index (χ1v) is 6.86. The summed E-state index contributed by atoms with van der Waals surface area (Å²) in [7, 11) is 1.60. The first-order chi connectivity index (χ1) is 10.0. The van der Waals surface area contributed by atoms with Gasteiger partial charge in [-0.3, -0.25) is 4.79 Å². The van der Waals surface area contributed by atoms with Crippen LogP contribution in [0.15, 0.2) is 42.5 Å². The summed E-state index contributed by atoms with van der Waals surface area (Å²) in [6.45, 7) is 3.71. The van der Waals surface area contributed by atoms with Gasteiger partial charge < -0.3 is 10.6 Å². The maximum Gasteiger partial charge on any atom is 0.251 e. The lowest BCUT2D eigenvalue weighted by Gasteiger charge is -2.16. The molecule has 0 aromatic heterocycles. The van der Waals surface area contributed by atoms with Crippen LogP contribution >= 0.6 is 0 Å². The van der Waals surface area contributed by atoms with Crippen molar-refractivity contribution in [1.82, 2.24) is 5.32 Å². The zero-order chi connectivity index (χ0) is 15.4. The predicted octanol–water partition coefficient (Wildman–Crippen LogP) is 3.67. The standard InChI is InChI=1S/C17H19FN2O/c1-11-4-5-14(10-16(11)18)12(2)20-15-8-6-13(7-9-15)17(21)19-3/h4-10,12,20H,1-3H3,(H,19,21). The summed E-state index contributed by atoms with van der Waals surface area (Å²) in [5.74, 6) is -0.314. The minimum absolute atomic E-state index is 0.0223. The minimum atomic E-state index is -0.198. The molecule has 2 aromatic rings. The first kappa shape index (κ1) is 15.0. The van der Waals surface area contributed by atoms with Crippen molar-refractivity contribution in [1.29, 1.82) is 0 Å². The van der Waals surface area contributed by atoms with Gasteiger partial charge in [-0.1, -0.05) is 12.1 Å². The van der Waals surface area contributed by atoms with Crippen molar-refractivity contribution in [3.05, 3.63) is 65.0 Å². The summed E-state index contributed by atoms with van der Waals surface area (Å²) in [6, 6.07) is 12.4. The Morgan fingerprint density at radius 3 is 2.38 bits per heavy atom. The molecule has 0 heterocycles. The Morgan fingerprint density at radius 1 is 1.14 bits per heavy atom. The van der Waals surface area contributed by atoms with E-state index in [2.05, 4.69) is 10.6 Å². The van der Waals surface area contributed by atoms with Gasteiger partial charge in [0, 0.05) is 24.3 Å². The Balaban J connectivity index is 2.10. The second-order valence-corrected chi connectivity index (χ2v) is 5.03. The number of carbonyl (C=O) groups excluding carboxylic acids is 1. The molecule has 1 atom stereocenters. The quantitative estimate of drug-likeness (QED) is 0.900. The highest BCUT2D eigenvalue weighted by molar-refractivity contribution is 5.94. The molecule has 0 aliphatic carbocycles. The van der Waals surface area contributed by atoms with Crippen molar-refractivity contribution in [2.45, 2.75) is 19.9 Å². The van der Waals surface area contributed by atoms with Crippen molar-refractivity contribution >= 4 is 11.6 Å². The normalized spacial score (nSPS) is 11.8. The van der Waals surface area contributed by atoms with E-state index < -0.39 is 0 Å². The van der Waals surface area contributed by atoms with Crippen LogP contribution in [0, 0.1) is 12.7 Å². The van der Waals surface area contributed by atoms with E-state index in [4.69, 9.17) is 0 Å². The average Bonchev–Trinajstić information content (AvgIpc) is 2.50. The third kappa shape index (κ3) is 3.60. The molecule has 0 fully saturated rings. The highest BCUT2D eigenvalue weighted by Crippen LogP contribution is 2.21. The van der Waals surface area contributed by atoms with Crippen molar-refractivity contribution < 1.29 is 9.18 Å². The molecule has 1 amide bonds. The lowest BCUT2D eigenvalue weighted by Crippen LogP contribution is -2.17. The lowest BCUT2D eigenvalue weighted by molar-refractivity contribution is 0.0963. The van der Waals surface area contributed by atoms with E-state index >= 15 is 0 Å². The SMILES string of the molecule is CNC(=O)c1ccc(NC(C)c2ccc(C)c(F)c2)cc1. The molecule has 0 saturated carbocycles. The Kier molecular flexibility index (Phi) is 4.58. The van der Waals surface area contributed by atoms with Crippen LogP contribution in [0.3, 0.4) is 0 Å². The molecule has 2 rings (SSSR count). The van der Waals surface area contributed by atoms with Crippen molar-refractivity contribution in [3.63, 3.8) is 0 Å². The monoisotopic (exact) mass is 286 g/mol. The molecule has 21 heavy (non-hydrogen) atoms. The maximum atomic E-state index is 13.6. The summed E-state index contributed by atoms with van der Waals surface area (Å²) < 4.78 is 13.6. The maximum absolute atomic E-state index is 13.6. The van der Waals surface area contributed by atoms with Gasteiger partial charge in [-0.2, -0.15) is 0 Å². The van der Waals surface area contributed by atoms with Gasteiger partial charge in [0.1, 0.15) is 5.82 Å². The Hall–Kier alpha value is -2.36. The van der Waals surface area contributed by atoms with E-state index in [0.717, 1.165) is 11.3 Å². The number of rotatable bonds is 4. The summed E-state index contributed by atoms with van der Waals surface area (Å²) in [5, 5.41) is 5.87. The topological polar surface area (TPSA) is 41.1 Å². The molecule has 2 aromatic carbocycles. The van der Waals surface area contributed by atoms with E-state index in [1.165, 1.54) is 0 Å². The highest BCUT2D eigenvalue weighted by atomic mass is 19.1. The smallest absolute Gasteiger partial charge is 0.251 e. The van der Waals surface area contributed by atoms with Gasteiger partial charge in [0.2, 0.25) is 0 Å². The molecule has 0 spiro atoms. The van der Waals surface area contributed by atoms with Crippen LogP contribution in [-0.4, -0.2) is 13.0 Å². The van der Waals surface area contributed by atoms with E-state index in [1.807, 2.05) is 25.1 Å². The molecule has 0 saturated heterocycles. The molecule has 110 valence electrons. The van der Waals surface area contributed by atoms with E-state index in [9.17, 15) is 9.18 Å². The summed E-state index contributed by atoms with van der Waals surface area (Å²) in [6.07, 6.45) is 0. The third-order valence-electron chi connectivity index (χ3n) is 3.45. The van der Waals surface area contributed by atoms with Gasteiger partial charge >= 0.3 is 0 Å². The number of carbonyl (C=O) groups is 1. The molecular weight excluding hydrogens is 267 g/mol. The molecular formula is C17H19FN2O. The Morgan fingerprint density at radius 2 is 1.81 bits per heavy atom. The largest absolute Gasteiger partial charge is 0.379 e. The van der Waals surface area contributed by atoms with Crippen LogP contribution in [0.25, 0.3) is 0 Å². The fourth-order valence-corrected chi connectivity index (χ4v) is 2.07. The van der Waals surface area contributed by atoms with E-state index in [1.54, 1.807) is 38.2 Å². The number of nitrogens with one attached hydrogen (secondary N) is 2. The van der Waals surface area contributed by atoms with Gasteiger partial charge in [-0.15, -0.1) is 0 Å². The summed E-state index contributed by atoms with van der Waals surface area (Å²) >= 11 is 0. The molecule has 3 nitrogen and oxygen atoms in total. The van der Waals surface area contributed by atoms with Gasteiger partial charge in [-0.05, 0) is 55.3 Å². The summed E-state index contributed by atoms with van der Waals surface area (Å²) in [4.78, 5) is 11.5. The molecule has 1 unspecified atom stereocenters. The zero-order valence-corrected chi connectivity index (χ0v) is 12.4. The minimum Gasteiger partial charge on any atom is -0.379 e. The third-order valence-corrected chi connectivity index (χ3v) is 3.45. The number of halogens is 1. The number of amides is 1.